The molecule has 226 valence electrons. The van der Waals surface area contributed by atoms with Gasteiger partial charge in [-0.25, -0.2) is 13.8 Å². The normalized spacial score (nSPS) is 13.9. The van der Waals surface area contributed by atoms with Crippen LogP contribution in [0.25, 0.3) is 0 Å². The molecule has 0 bridgehead atoms. The van der Waals surface area contributed by atoms with Crippen LogP contribution in [0.2, 0.25) is 5.15 Å². The van der Waals surface area contributed by atoms with E-state index in [0.29, 0.717) is 0 Å². The molecular formula is C23H10BrClF10IN3O3. The van der Waals surface area contributed by atoms with Crippen LogP contribution in [0.3, 0.4) is 0 Å². The molecule has 1 atom stereocenters. The minimum atomic E-state index is -6.95. The van der Waals surface area contributed by atoms with E-state index in [1.807, 2.05) is 5.32 Å². The predicted molar refractivity (Wildman–Crippen MR) is 139 cm³/mol. The maximum absolute atomic E-state index is 15.2. The van der Waals surface area contributed by atoms with Crippen molar-refractivity contribution >= 4 is 73.3 Å². The Morgan fingerprint density at radius 1 is 0.976 bits per heavy atom. The quantitative estimate of drug-likeness (QED) is 0.0862. The van der Waals surface area contributed by atoms with Crippen molar-refractivity contribution in [1.29, 1.82) is 0 Å². The average Bonchev–Trinajstić information content (AvgIpc) is 2.88. The lowest BCUT2D eigenvalue weighted by atomic mass is 9.87. The zero-order valence-electron chi connectivity index (χ0n) is 19.7. The number of hydrogen-bond acceptors (Lipinski definition) is 4. The molecule has 0 aliphatic carbocycles. The van der Waals surface area contributed by atoms with Crippen molar-refractivity contribution in [3.63, 3.8) is 0 Å². The Morgan fingerprint density at radius 2 is 1.60 bits per heavy atom. The van der Waals surface area contributed by atoms with Gasteiger partial charge in [0.2, 0.25) is 0 Å². The fourth-order valence-electron chi connectivity index (χ4n) is 3.38. The van der Waals surface area contributed by atoms with Crippen molar-refractivity contribution < 1.29 is 58.7 Å². The fourth-order valence-corrected chi connectivity index (χ4v) is 5.19. The maximum Gasteiger partial charge on any atom is 0.457 e. The Bertz CT molecular complexity index is 1520. The molecule has 0 aliphatic heterocycles. The number of carbonyl (C=O) groups excluding carboxylic acids is 2. The van der Waals surface area contributed by atoms with E-state index in [1.165, 1.54) is 6.07 Å². The average molecular weight is 809 g/mol. The number of hydrogen-bond donors (Lipinski definition) is 2. The number of amides is 2. The highest BCUT2D eigenvalue weighted by Crippen LogP contribution is 2.58. The number of halogens is 13. The van der Waals surface area contributed by atoms with Crippen LogP contribution >= 0.6 is 50.1 Å². The van der Waals surface area contributed by atoms with Gasteiger partial charge in [-0.3, -0.25) is 14.8 Å². The Hall–Kier alpha value is -2.71. The van der Waals surface area contributed by atoms with Gasteiger partial charge in [0.25, 0.3) is 11.8 Å². The molecule has 1 heterocycles. The molecule has 0 saturated carbocycles. The number of anilines is 2. The van der Waals surface area contributed by atoms with Crippen LogP contribution < -0.4 is 10.4 Å². The summed E-state index contributed by atoms with van der Waals surface area (Å²) in [4.78, 5) is 28.9. The van der Waals surface area contributed by atoms with Crippen LogP contribution in [0.5, 0.6) is 0 Å². The number of nitrogens with zero attached hydrogens (tertiary/aromatic N) is 2. The van der Waals surface area contributed by atoms with Crippen molar-refractivity contribution in [2.75, 3.05) is 10.4 Å². The number of hydroxylamine groups is 1. The van der Waals surface area contributed by atoms with Crippen LogP contribution in [-0.2, 0) is 5.67 Å². The summed E-state index contributed by atoms with van der Waals surface area (Å²) in [7, 11) is 0. The summed E-state index contributed by atoms with van der Waals surface area (Å²) in [5.74, 6) is -11.0. The van der Waals surface area contributed by atoms with E-state index >= 15 is 4.39 Å². The van der Waals surface area contributed by atoms with Crippen molar-refractivity contribution in [2.24, 2.45) is 0 Å². The molecule has 19 heteroatoms. The zero-order chi connectivity index (χ0) is 32.0. The minimum Gasteiger partial charge on any atom is -0.320 e. The van der Waals surface area contributed by atoms with E-state index in [0.717, 1.165) is 53.1 Å². The number of carbonyl (C=O) groups is 2. The topological polar surface area (TPSA) is 82.5 Å². The van der Waals surface area contributed by atoms with Crippen molar-refractivity contribution in [3.8, 4) is 0 Å². The largest absolute Gasteiger partial charge is 0.457 e. The van der Waals surface area contributed by atoms with Gasteiger partial charge in [-0.1, -0.05) is 17.7 Å². The number of nitrogens with one attached hydrogen (secondary N) is 1. The molecule has 0 aliphatic rings. The van der Waals surface area contributed by atoms with Gasteiger partial charge in [-0.05, 0) is 74.9 Å². The molecule has 42 heavy (non-hydrogen) atoms. The van der Waals surface area contributed by atoms with Crippen LogP contribution in [0.15, 0.2) is 53.1 Å². The third-order valence-electron chi connectivity index (χ3n) is 5.48. The molecule has 1 unspecified atom stereocenters. The summed E-state index contributed by atoms with van der Waals surface area (Å²) in [6, 6.07) is 5.05. The maximum atomic E-state index is 15.2. The Balaban J connectivity index is 1.99. The lowest BCUT2D eigenvalue weighted by molar-refractivity contribution is -0.389. The van der Waals surface area contributed by atoms with E-state index in [2.05, 4.69) is 20.9 Å². The van der Waals surface area contributed by atoms with Crippen LogP contribution in [0, 0.1) is 9.39 Å². The van der Waals surface area contributed by atoms with Crippen LogP contribution in [0.4, 0.5) is 55.3 Å². The van der Waals surface area contributed by atoms with Gasteiger partial charge in [0, 0.05) is 19.8 Å². The molecule has 0 spiro atoms. The Kier molecular flexibility index (Phi) is 9.46. The third-order valence-corrected chi connectivity index (χ3v) is 7.18. The highest BCUT2D eigenvalue weighted by atomic mass is 127. The summed E-state index contributed by atoms with van der Waals surface area (Å²) in [6.45, 7) is 0. The number of rotatable bonds is 6. The summed E-state index contributed by atoms with van der Waals surface area (Å²) in [6.07, 6.45) is -12.7. The summed E-state index contributed by atoms with van der Waals surface area (Å²) >= 11 is 9.34. The molecule has 1 aromatic heterocycles. The first-order chi connectivity index (χ1) is 19.1. The molecule has 2 amide bonds. The van der Waals surface area contributed by atoms with E-state index in [1.54, 1.807) is 0 Å². The number of benzene rings is 2. The highest BCUT2D eigenvalue weighted by Gasteiger charge is 2.81. The first kappa shape index (κ1) is 33.8. The second-order valence-corrected chi connectivity index (χ2v) is 10.5. The first-order valence-corrected chi connectivity index (χ1v) is 12.8. The fraction of sp³-hybridized carbons (Fsp3) is 0.174. The highest BCUT2D eigenvalue weighted by molar-refractivity contribution is 14.1. The third kappa shape index (κ3) is 6.02. The van der Waals surface area contributed by atoms with Gasteiger partial charge in [0.05, 0.1) is 16.8 Å². The van der Waals surface area contributed by atoms with E-state index < -0.39 is 72.1 Å². The molecule has 3 aromatic rings. The van der Waals surface area contributed by atoms with Gasteiger partial charge in [0.15, 0.2) is 5.82 Å². The second kappa shape index (κ2) is 11.8. The standard InChI is InChI=1S/C23H10BrClF10IN3O3/c24-12-6-10(20(27,22(30,31)32)21(28,29)23(33,34)35)7-13(36)17(12)38-18(40)11-2-1-3-14(16(11)26)39(42)19(41)9-4-5-15(25)37-8-9/h1-8,42H,(H,38,40). The smallest absolute Gasteiger partial charge is 0.320 e. The van der Waals surface area contributed by atoms with Gasteiger partial charge in [0.1, 0.15) is 10.8 Å². The van der Waals surface area contributed by atoms with Crippen LogP contribution in [0.1, 0.15) is 26.3 Å². The van der Waals surface area contributed by atoms with Crippen molar-refractivity contribution in [3.05, 3.63) is 84.4 Å². The number of pyridine rings is 1. The molecule has 2 N–H and O–H groups in total. The second-order valence-electron chi connectivity index (χ2n) is 8.12. The zero-order valence-corrected chi connectivity index (χ0v) is 24.2. The number of aromatic nitrogens is 1. The van der Waals surface area contributed by atoms with Crippen molar-refractivity contribution in [2.45, 2.75) is 23.9 Å². The van der Waals surface area contributed by atoms with Crippen LogP contribution in [-0.4, -0.2) is 40.3 Å². The molecule has 0 radical (unpaired) electrons. The summed E-state index contributed by atoms with van der Waals surface area (Å²) < 4.78 is 135. The Labute approximate surface area is 254 Å². The van der Waals surface area contributed by atoms with Gasteiger partial charge < -0.3 is 5.32 Å². The Morgan fingerprint density at radius 3 is 2.10 bits per heavy atom. The monoisotopic (exact) mass is 807 g/mol. The lowest BCUT2D eigenvalue weighted by Gasteiger charge is -2.36. The predicted octanol–water partition coefficient (Wildman–Crippen LogP) is 8.45. The molecule has 0 saturated heterocycles. The van der Waals surface area contributed by atoms with E-state index in [-0.39, 0.29) is 27.9 Å². The molecule has 3 rings (SSSR count). The molecule has 6 nitrogen and oxygen atoms in total. The lowest BCUT2D eigenvalue weighted by Crippen LogP contribution is -2.59. The first-order valence-electron chi connectivity index (χ1n) is 10.6. The molecule has 2 aromatic carbocycles. The summed E-state index contributed by atoms with van der Waals surface area (Å²) in [5.41, 5.74) is -10.9. The van der Waals surface area contributed by atoms with Gasteiger partial charge in [-0.2, -0.15) is 40.2 Å². The number of alkyl halides is 9. The molecule has 0 fully saturated rings. The van der Waals surface area contributed by atoms with Crippen molar-refractivity contribution in [1.82, 2.24) is 4.98 Å². The SMILES string of the molecule is O=C(Nc1c(Br)cc(C(F)(C(F)(F)F)C(F)(F)C(F)(F)F)cc1I)c1cccc(N(O)C(=O)c2ccc(Cl)nc2)c1F. The van der Waals surface area contributed by atoms with Gasteiger partial charge >= 0.3 is 23.9 Å². The van der Waals surface area contributed by atoms with Gasteiger partial charge in [-0.15, -0.1) is 0 Å². The summed E-state index contributed by atoms with van der Waals surface area (Å²) in [5, 5.41) is 12.1. The van der Waals surface area contributed by atoms with E-state index in [4.69, 9.17) is 11.6 Å². The van der Waals surface area contributed by atoms with E-state index in [9.17, 15) is 54.3 Å². The minimum absolute atomic E-state index is 0.000566. The molecular weight excluding hydrogens is 799 g/mol.